The van der Waals surface area contributed by atoms with Gasteiger partial charge in [-0.05, 0) is 35.3 Å². The normalized spacial score (nSPS) is 15.2. The van der Waals surface area contributed by atoms with Crippen LogP contribution in [0.3, 0.4) is 0 Å². The van der Waals surface area contributed by atoms with Gasteiger partial charge in [-0.15, -0.1) is 0 Å². The molecule has 0 bridgehead atoms. The van der Waals surface area contributed by atoms with Crippen molar-refractivity contribution < 1.29 is 9.50 Å². The summed E-state index contributed by atoms with van der Waals surface area (Å²) in [7, 11) is 0. The Morgan fingerprint density at radius 2 is 2.14 bits per heavy atom. The van der Waals surface area contributed by atoms with Crippen molar-refractivity contribution in [1.29, 1.82) is 0 Å². The first-order valence-electron chi connectivity index (χ1n) is 4.36. The average molecular weight is 262 g/mol. The Labute approximate surface area is 91.1 Å². The SMILES string of the molecule is CCC(C)(N)c1ccc(Br)c(F)c1O. The van der Waals surface area contributed by atoms with Crippen LogP contribution in [0.15, 0.2) is 16.6 Å². The molecule has 0 spiro atoms. The van der Waals surface area contributed by atoms with E-state index in [4.69, 9.17) is 5.73 Å². The van der Waals surface area contributed by atoms with Crippen molar-refractivity contribution in [1.82, 2.24) is 0 Å². The highest BCUT2D eigenvalue weighted by molar-refractivity contribution is 9.10. The lowest BCUT2D eigenvalue weighted by Crippen LogP contribution is -2.32. The molecule has 0 aliphatic carbocycles. The second-order valence-corrected chi connectivity index (χ2v) is 4.38. The number of aromatic hydroxyl groups is 1. The Morgan fingerprint density at radius 3 is 2.64 bits per heavy atom. The molecule has 0 amide bonds. The van der Waals surface area contributed by atoms with E-state index in [0.29, 0.717) is 12.0 Å². The van der Waals surface area contributed by atoms with Gasteiger partial charge < -0.3 is 10.8 Å². The van der Waals surface area contributed by atoms with E-state index in [1.807, 2.05) is 6.92 Å². The summed E-state index contributed by atoms with van der Waals surface area (Å²) in [5, 5.41) is 9.56. The van der Waals surface area contributed by atoms with Crippen molar-refractivity contribution in [2.75, 3.05) is 0 Å². The van der Waals surface area contributed by atoms with Gasteiger partial charge in [-0.25, -0.2) is 4.39 Å². The molecule has 1 aromatic carbocycles. The maximum Gasteiger partial charge on any atom is 0.179 e. The Hall–Kier alpha value is -0.610. The van der Waals surface area contributed by atoms with Gasteiger partial charge in [0.05, 0.1) is 4.47 Å². The van der Waals surface area contributed by atoms with Crippen LogP contribution in [0.1, 0.15) is 25.8 Å². The standard InChI is InChI=1S/C10H13BrFNO/c1-3-10(2,13)6-4-5-7(11)8(12)9(6)14/h4-5,14H,3,13H2,1-2H3. The molecule has 0 radical (unpaired) electrons. The van der Waals surface area contributed by atoms with Gasteiger partial charge >= 0.3 is 0 Å². The number of nitrogens with two attached hydrogens (primary N) is 1. The molecule has 14 heavy (non-hydrogen) atoms. The van der Waals surface area contributed by atoms with Crippen LogP contribution in [-0.4, -0.2) is 5.11 Å². The number of halogens is 2. The zero-order valence-electron chi connectivity index (χ0n) is 8.14. The monoisotopic (exact) mass is 261 g/mol. The van der Waals surface area contributed by atoms with E-state index in [1.165, 1.54) is 0 Å². The average Bonchev–Trinajstić information content (AvgIpc) is 2.14. The van der Waals surface area contributed by atoms with Gasteiger partial charge in [-0.2, -0.15) is 0 Å². The van der Waals surface area contributed by atoms with Crippen LogP contribution in [-0.2, 0) is 5.54 Å². The highest BCUT2D eigenvalue weighted by Gasteiger charge is 2.24. The van der Waals surface area contributed by atoms with E-state index in [0.717, 1.165) is 0 Å². The number of benzene rings is 1. The van der Waals surface area contributed by atoms with E-state index < -0.39 is 11.4 Å². The molecule has 3 N–H and O–H groups in total. The number of hydrogen-bond donors (Lipinski definition) is 2. The van der Waals surface area contributed by atoms with Crippen LogP contribution in [0.2, 0.25) is 0 Å². The highest BCUT2D eigenvalue weighted by Crippen LogP contribution is 2.34. The predicted molar refractivity (Wildman–Crippen MR) is 57.6 cm³/mol. The molecule has 4 heteroatoms. The highest BCUT2D eigenvalue weighted by atomic mass is 79.9. The lowest BCUT2D eigenvalue weighted by atomic mass is 9.90. The van der Waals surface area contributed by atoms with Crippen molar-refractivity contribution in [2.24, 2.45) is 5.73 Å². The zero-order valence-corrected chi connectivity index (χ0v) is 9.73. The number of rotatable bonds is 2. The summed E-state index contributed by atoms with van der Waals surface area (Å²) >= 11 is 2.99. The third-order valence-corrected chi connectivity index (χ3v) is 3.03. The smallest absolute Gasteiger partial charge is 0.179 e. The van der Waals surface area contributed by atoms with E-state index in [1.54, 1.807) is 19.1 Å². The molecule has 0 saturated heterocycles. The van der Waals surface area contributed by atoms with Crippen LogP contribution in [0.5, 0.6) is 5.75 Å². The molecule has 0 aromatic heterocycles. The molecule has 0 heterocycles. The lowest BCUT2D eigenvalue weighted by molar-refractivity contribution is 0.389. The summed E-state index contributed by atoms with van der Waals surface area (Å²) in [5.41, 5.74) is 5.64. The fourth-order valence-electron chi connectivity index (χ4n) is 1.19. The largest absolute Gasteiger partial charge is 0.505 e. The third kappa shape index (κ3) is 1.91. The summed E-state index contributed by atoms with van der Waals surface area (Å²) in [5.74, 6) is -1.03. The van der Waals surface area contributed by atoms with Gasteiger partial charge in [0.25, 0.3) is 0 Å². The van der Waals surface area contributed by atoms with Gasteiger partial charge in [0.15, 0.2) is 11.6 Å². The van der Waals surface area contributed by atoms with Crippen molar-refractivity contribution in [3.63, 3.8) is 0 Å². The van der Waals surface area contributed by atoms with Crippen molar-refractivity contribution in [3.8, 4) is 5.75 Å². The first-order valence-corrected chi connectivity index (χ1v) is 5.15. The van der Waals surface area contributed by atoms with Crippen LogP contribution < -0.4 is 5.73 Å². The fraction of sp³-hybridized carbons (Fsp3) is 0.400. The molecule has 0 saturated carbocycles. The maximum absolute atomic E-state index is 13.3. The topological polar surface area (TPSA) is 46.2 Å². The van der Waals surface area contributed by atoms with Gasteiger partial charge in [-0.1, -0.05) is 13.0 Å². The van der Waals surface area contributed by atoms with Crippen molar-refractivity contribution in [3.05, 3.63) is 28.0 Å². The molecule has 0 fully saturated rings. The first kappa shape index (κ1) is 11.5. The van der Waals surface area contributed by atoms with Crippen LogP contribution in [0.25, 0.3) is 0 Å². The summed E-state index contributed by atoms with van der Waals surface area (Å²) in [4.78, 5) is 0. The Balaban J connectivity index is 3.31. The van der Waals surface area contributed by atoms with Gasteiger partial charge in [0.2, 0.25) is 0 Å². The Bertz CT molecular complexity index is 352. The fourth-order valence-corrected chi connectivity index (χ4v) is 1.51. The van der Waals surface area contributed by atoms with Gasteiger partial charge in [0, 0.05) is 11.1 Å². The minimum absolute atomic E-state index is 0.241. The molecule has 0 aliphatic rings. The minimum atomic E-state index is -0.703. The van der Waals surface area contributed by atoms with E-state index in [2.05, 4.69) is 15.9 Å². The van der Waals surface area contributed by atoms with Crippen molar-refractivity contribution in [2.45, 2.75) is 25.8 Å². The minimum Gasteiger partial charge on any atom is -0.505 e. The molecule has 1 unspecified atom stereocenters. The van der Waals surface area contributed by atoms with Gasteiger partial charge in [0.1, 0.15) is 0 Å². The summed E-state index contributed by atoms with van der Waals surface area (Å²) in [6.45, 7) is 3.65. The number of phenols is 1. The Morgan fingerprint density at radius 1 is 1.57 bits per heavy atom. The molecule has 0 aliphatic heterocycles. The van der Waals surface area contributed by atoms with E-state index >= 15 is 0 Å². The predicted octanol–water partition coefficient (Wildman–Crippen LogP) is 2.88. The van der Waals surface area contributed by atoms with Crippen LogP contribution >= 0.6 is 15.9 Å². The summed E-state index contributed by atoms with van der Waals surface area (Å²) in [6.07, 6.45) is 0.627. The molecular formula is C10H13BrFNO. The molecule has 2 nitrogen and oxygen atoms in total. The molecule has 1 rings (SSSR count). The summed E-state index contributed by atoms with van der Waals surface area (Å²) in [6, 6.07) is 3.18. The van der Waals surface area contributed by atoms with Crippen molar-refractivity contribution >= 4 is 15.9 Å². The third-order valence-electron chi connectivity index (χ3n) is 2.42. The zero-order chi connectivity index (χ0) is 10.9. The molecule has 1 atom stereocenters. The molecule has 78 valence electrons. The summed E-state index contributed by atoms with van der Waals surface area (Å²) < 4.78 is 13.5. The lowest BCUT2D eigenvalue weighted by Gasteiger charge is -2.24. The van der Waals surface area contributed by atoms with E-state index in [9.17, 15) is 9.50 Å². The Kier molecular flexibility index (Phi) is 3.17. The number of phenolic OH excluding ortho intramolecular Hbond substituents is 1. The number of hydrogen-bond acceptors (Lipinski definition) is 2. The van der Waals surface area contributed by atoms with Crippen LogP contribution in [0, 0.1) is 5.82 Å². The van der Waals surface area contributed by atoms with E-state index in [-0.39, 0.29) is 10.2 Å². The maximum atomic E-state index is 13.3. The van der Waals surface area contributed by atoms with Gasteiger partial charge in [-0.3, -0.25) is 0 Å². The second kappa shape index (κ2) is 3.87. The quantitative estimate of drug-likeness (QED) is 0.860. The first-order chi connectivity index (χ1) is 6.40. The molecular weight excluding hydrogens is 249 g/mol. The molecule has 1 aromatic rings. The second-order valence-electron chi connectivity index (χ2n) is 3.53. The van der Waals surface area contributed by atoms with Crippen LogP contribution in [0.4, 0.5) is 4.39 Å².